The molecule has 17 nitrogen and oxygen atoms in total. The van der Waals surface area contributed by atoms with Crippen molar-refractivity contribution in [1.82, 2.24) is 0 Å². The summed E-state index contributed by atoms with van der Waals surface area (Å²) in [6.45, 7) is 9.42. The molecule has 0 bridgehead atoms. The zero-order valence-electron chi connectivity index (χ0n) is 54.2. The smallest absolute Gasteiger partial charge is 0.462 e. The van der Waals surface area contributed by atoms with Crippen molar-refractivity contribution in [2.75, 3.05) is 39.6 Å². The molecule has 0 aliphatic rings. The highest BCUT2D eigenvalue weighted by atomic mass is 31.2. The Kier molecular flexibility index (Phi) is 56.2. The Morgan fingerprint density at radius 2 is 0.548 bits per heavy atom. The minimum absolute atomic E-state index is 0.106. The van der Waals surface area contributed by atoms with E-state index in [2.05, 4.69) is 41.5 Å². The van der Waals surface area contributed by atoms with Crippen LogP contribution in [0.1, 0.15) is 324 Å². The van der Waals surface area contributed by atoms with Crippen LogP contribution in [0.15, 0.2) is 0 Å². The van der Waals surface area contributed by atoms with Crippen LogP contribution in [-0.2, 0) is 65.4 Å². The van der Waals surface area contributed by atoms with Crippen LogP contribution in [0.2, 0.25) is 0 Å². The van der Waals surface area contributed by atoms with E-state index < -0.39 is 97.5 Å². The van der Waals surface area contributed by atoms with Crippen LogP contribution in [0.5, 0.6) is 0 Å². The maximum Gasteiger partial charge on any atom is 0.472 e. The summed E-state index contributed by atoms with van der Waals surface area (Å²) < 4.78 is 67.9. The molecule has 3 N–H and O–H groups in total. The molecule has 0 aromatic rings. The number of hydrogen-bond acceptors (Lipinski definition) is 15. The van der Waals surface area contributed by atoms with E-state index in [1.165, 1.54) is 135 Å². The molecule has 498 valence electrons. The van der Waals surface area contributed by atoms with Gasteiger partial charge in [-0.3, -0.25) is 37.3 Å². The fourth-order valence-electron chi connectivity index (χ4n) is 9.71. The monoisotopic (exact) mass is 1240 g/mol. The van der Waals surface area contributed by atoms with E-state index >= 15 is 0 Å². The number of aliphatic hydroxyl groups excluding tert-OH is 1. The molecular weight excluding hydrogens is 1110 g/mol. The third-order valence-corrected chi connectivity index (χ3v) is 16.9. The van der Waals surface area contributed by atoms with Crippen LogP contribution in [0.25, 0.3) is 0 Å². The highest BCUT2D eigenvalue weighted by molar-refractivity contribution is 7.47. The Labute approximate surface area is 511 Å². The predicted molar refractivity (Wildman–Crippen MR) is 335 cm³/mol. The highest BCUT2D eigenvalue weighted by Crippen LogP contribution is 2.45. The van der Waals surface area contributed by atoms with Gasteiger partial charge in [-0.1, -0.05) is 273 Å². The SMILES string of the molecule is CCCCCCCCCCCCCC(=O)O[C@H](COC(=O)CCCCCCC)COP(=O)(O)OC[C@H](O)COP(=O)(O)OC[C@@H](COC(=O)CCCCCCCCCCCC(C)C)OC(=O)CCCCCCCCCCCCCCCC(C)C. The van der Waals surface area contributed by atoms with Crippen molar-refractivity contribution in [3.8, 4) is 0 Å². The summed E-state index contributed by atoms with van der Waals surface area (Å²) in [7, 11) is -9.88. The summed E-state index contributed by atoms with van der Waals surface area (Å²) in [6, 6.07) is 0. The van der Waals surface area contributed by atoms with Crippen LogP contribution < -0.4 is 0 Å². The predicted octanol–water partition coefficient (Wildman–Crippen LogP) is 18.0. The number of unbranched alkanes of at least 4 members (excludes halogenated alkanes) is 34. The molecule has 0 saturated carbocycles. The number of hydrogen-bond donors (Lipinski definition) is 3. The molecule has 0 rings (SSSR count). The molecule has 0 radical (unpaired) electrons. The number of phosphoric acid groups is 2. The number of aliphatic hydroxyl groups is 1. The molecule has 0 aromatic carbocycles. The summed E-state index contributed by atoms with van der Waals surface area (Å²) in [6.07, 6.45) is 40.6. The van der Waals surface area contributed by atoms with Gasteiger partial charge in [0.1, 0.15) is 19.3 Å². The molecule has 19 heteroatoms. The van der Waals surface area contributed by atoms with Gasteiger partial charge in [-0.05, 0) is 37.5 Å². The van der Waals surface area contributed by atoms with E-state index in [1.807, 2.05) is 0 Å². The van der Waals surface area contributed by atoms with Crippen molar-refractivity contribution < 1.29 is 80.2 Å². The number of phosphoric ester groups is 2. The second-order valence-corrected chi connectivity index (χ2v) is 27.4. The van der Waals surface area contributed by atoms with Crippen LogP contribution in [-0.4, -0.2) is 96.7 Å². The maximum absolute atomic E-state index is 13.0. The van der Waals surface area contributed by atoms with E-state index in [1.54, 1.807) is 0 Å². The average Bonchev–Trinajstić information content (AvgIpc) is 3.58. The van der Waals surface area contributed by atoms with E-state index in [9.17, 15) is 43.2 Å². The van der Waals surface area contributed by atoms with Crippen molar-refractivity contribution in [3.05, 3.63) is 0 Å². The van der Waals surface area contributed by atoms with Crippen molar-refractivity contribution in [2.45, 2.75) is 342 Å². The van der Waals surface area contributed by atoms with Gasteiger partial charge in [-0.15, -0.1) is 0 Å². The number of rotatable bonds is 64. The Balaban J connectivity index is 5.17. The Morgan fingerprint density at radius 1 is 0.321 bits per heavy atom. The van der Waals surface area contributed by atoms with Gasteiger partial charge in [0.05, 0.1) is 26.4 Å². The van der Waals surface area contributed by atoms with E-state index in [4.69, 9.17) is 37.0 Å². The minimum Gasteiger partial charge on any atom is -0.462 e. The van der Waals surface area contributed by atoms with E-state index in [0.717, 1.165) is 108 Å². The first-order valence-electron chi connectivity index (χ1n) is 34.0. The van der Waals surface area contributed by atoms with Crippen LogP contribution in [0.4, 0.5) is 0 Å². The quantitative estimate of drug-likeness (QED) is 0.0222. The lowest BCUT2D eigenvalue weighted by Crippen LogP contribution is -2.30. The second kappa shape index (κ2) is 57.5. The van der Waals surface area contributed by atoms with Gasteiger partial charge in [0.25, 0.3) is 0 Å². The lowest BCUT2D eigenvalue weighted by atomic mass is 10.0. The first-order chi connectivity index (χ1) is 40.4. The summed E-state index contributed by atoms with van der Waals surface area (Å²) in [5, 5.41) is 10.5. The first kappa shape index (κ1) is 82.1. The number of carbonyl (C=O) groups excluding carboxylic acids is 4. The van der Waals surface area contributed by atoms with Crippen molar-refractivity contribution in [2.24, 2.45) is 11.8 Å². The zero-order chi connectivity index (χ0) is 62.2. The molecule has 0 aliphatic heterocycles. The fourth-order valence-corrected chi connectivity index (χ4v) is 11.3. The normalized spacial score (nSPS) is 14.3. The number of ether oxygens (including phenoxy) is 4. The molecule has 0 amide bonds. The summed E-state index contributed by atoms with van der Waals surface area (Å²) in [5.41, 5.74) is 0. The Morgan fingerprint density at radius 3 is 0.810 bits per heavy atom. The van der Waals surface area contributed by atoms with Gasteiger partial charge in [0, 0.05) is 25.7 Å². The standard InChI is InChI=1S/C65H126O17P2/c1-7-9-11-13-14-15-19-25-31-37-43-49-64(69)81-60(53-75-62(67)47-41-33-12-10-8-2)55-79-83(71,72)77-51-59(66)52-78-84(73,74)80-56-61(54-76-63(68)48-42-36-30-27-22-24-29-35-40-46-58(5)6)82-65(70)50-44-38-32-26-21-18-16-17-20-23-28-34-39-45-57(3)4/h57-61,66H,7-56H2,1-6H3,(H,71,72)(H,73,74)/t59-,60+,61+/m0/s1. The molecule has 2 unspecified atom stereocenters. The van der Waals surface area contributed by atoms with Crippen LogP contribution in [0, 0.1) is 11.8 Å². The van der Waals surface area contributed by atoms with Crippen LogP contribution in [0.3, 0.4) is 0 Å². The highest BCUT2D eigenvalue weighted by Gasteiger charge is 2.30. The molecule has 0 heterocycles. The van der Waals surface area contributed by atoms with Gasteiger partial charge in [0.2, 0.25) is 0 Å². The third kappa shape index (κ3) is 59.0. The molecule has 84 heavy (non-hydrogen) atoms. The van der Waals surface area contributed by atoms with Gasteiger partial charge in [-0.25, -0.2) is 9.13 Å². The van der Waals surface area contributed by atoms with Gasteiger partial charge >= 0.3 is 39.5 Å². The Bertz CT molecular complexity index is 1650. The molecule has 5 atom stereocenters. The van der Waals surface area contributed by atoms with Crippen LogP contribution >= 0.6 is 15.6 Å². The molecule has 0 aromatic heterocycles. The zero-order valence-corrected chi connectivity index (χ0v) is 56.0. The van der Waals surface area contributed by atoms with E-state index in [0.29, 0.717) is 25.7 Å². The third-order valence-electron chi connectivity index (χ3n) is 15.0. The molecule has 0 saturated heterocycles. The van der Waals surface area contributed by atoms with Gasteiger partial charge in [0.15, 0.2) is 12.2 Å². The lowest BCUT2D eigenvalue weighted by molar-refractivity contribution is -0.161. The number of esters is 4. The van der Waals surface area contributed by atoms with Gasteiger partial charge < -0.3 is 33.8 Å². The van der Waals surface area contributed by atoms with Crippen molar-refractivity contribution >= 4 is 39.5 Å². The largest absolute Gasteiger partial charge is 0.472 e. The summed E-state index contributed by atoms with van der Waals surface area (Å²) in [4.78, 5) is 72.0. The van der Waals surface area contributed by atoms with Crippen molar-refractivity contribution in [3.63, 3.8) is 0 Å². The molecule has 0 fully saturated rings. The molecule has 0 spiro atoms. The Hall–Kier alpha value is -1.94. The minimum atomic E-state index is -4.94. The fraction of sp³-hybridized carbons (Fsp3) is 0.938. The number of carbonyl (C=O) groups is 4. The molecular formula is C65H126O17P2. The molecule has 0 aliphatic carbocycles. The first-order valence-corrected chi connectivity index (χ1v) is 37.0. The summed E-state index contributed by atoms with van der Waals surface area (Å²) in [5.74, 6) is -0.612. The average molecular weight is 1240 g/mol. The van der Waals surface area contributed by atoms with Crippen molar-refractivity contribution in [1.29, 1.82) is 0 Å². The second-order valence-electron chi connectivity index (χ2n) is 24.5. The van der Waals surface area contributed by atoms with E-state index in [-0.39, 0.29) is 25.7 Å². The summed E-state index contributed by atoms with van der Waals surface area (Å²) >= 11 is 0. The van der Waals surface area contributed by atoms with Gasteiger partial charge in [-0.2, -0.15) is 0 Å². The lowest BCUT2D eigenvalue weighted by Gasteiger charge is -2.21. The topological polar surface area (TPSA) is 237 Å². The maximum atomic E-state index is 13.0.